The van der Waals surface area contributed by atoms with Crippen molar-refractivity contribution in [3.8, 4) is 0 Å². The van der Waals surface area contributed by atoms with Gasteiger partial charge in [-0.25, -0.2) is 9.37 Å². The van der Waals surface area contributed by atoms with E-state index in [4.69, 9.17) is 23.2 Å². The lowest BCUT2D eigenvalue weighted by Crippen LogP contribution is -2.03. The molecule has 2 aromatic rings. The number of hydrogen-bond acceptors (Lipinski definition) is 2. The van der Waals surface area contributed by atoms with Crippen molar-refractivity contribution in [1.29, 1.82) is 0 Å². The number of halogens is 4. The average Bonchev–Trinajstić information content (AvgIpc) is 2.34. The molecule has 2 nitrogen and oxygen atoms in total. The van der Waals surface area contributed by atoms with Crippen molar-refractivity contribution in [2.45, 2.75) is 6.54 Å². The molecule has 0 saturated carbocycles. The standard InChI is InChI=1S/C12H8BrCl2FN2/c13-8-4-11(12(15)18-6-8)17-5-7-3-9(14)1-2-10(7)16/h1-4,6,17H,5H2. The Morgan fingerprint density at radius 1 is 1.28 bits per heavy atom. The van der Waals surface area contributed by atoms with Gasteiger partial charge in [0, 0.05) is 27.8 Å². The van der Waals surface area contributed by atoms with Gasteiger partial charge < -0.3 is 5.32 Å². The summed E-state index contributed by atoms with van der Waals surface area (Å²) in [5, 5.41) is 3.84. The summed E-state index contributed by atoms with van der Waals surface area (Å²) in [5.74, 6) is -0.314. The van der Waals surface area contributed by atoms with Gasteiger partial charge in [0.05, 0.1) is 5.69 Å². The maximum absolute atomic E-state index is 13.5. The molecule has 0 atom stereocenters. The normalized spacial score (nSPS) is 10.4. The minimum absolute atomic E-state index is 0.282. The molecule has 94 valence electrons. The maximum atomic E-state index is 13.5. The molecule has 0 saturated heterocycles. The highest BCUT2D eigenvalue weighted by Crippen LogP contribution is 2.24. The van der Waals surface area contributed by atoms with E-state index < -0.39 is 0 Å². The highest BCUT2D eigenvalue weighted by Gasteiger charge is 2.06. The number of pyridine rings is 1. The topological polar surface area (TPSA) is 24.9 Å². The fourth-order valence-corrected chi connectivity index (χ4v) is 2.11. The van der Waals surface area contributed by atoms with Crippen LogP contribution in [-0.4, -0.2) is 4.98 Å². The zero-order valence-electron chi connectivity index (χ0n) is 9.05. The molecule has 0 radical (unpaired) electrons. The maximum Gasteiger partial charge on any atom is 0.152 e. The van der Waals surface area contributed by atoms with E-state index in [1.54, 1.807) is 18.3 Å². The first-order valence-electron chi connectivity index (χ1n) is 5.05. The number of hydrogen-bond donors (Lipinski definition) is 1. The molecular weight excluding hydrogens is 342 g/mol. The molecule has 0 spiro atoms. The number of benzene rings is 1. The first kappa shape index (κ1) is 13.6. The molecule has 0 bridgehead atoms. The van der Waals surface area contributed by atoms with E-state index in [0.717, 1.165) is 4.47 Å². The van der Waals surface area contributed by atoms with E-state index in [2.05, 4.69) is 26.2 Å². The summed E-state index contributed by atoms with van der Waals surface area (Å²) in [6, 6.07) is 6.19. The van der Waals surface area contributed by atoms with Gasteiger partial charge in [-0.15, -0.1) is 0 Å². The van der Waals surface area contributed by atoms with Gasteiger partial charge >= 0.3 is 0 Å². The molecule has 0 aliphatic heterocycles. The van der Waals surface area contributed by atoms with Crippen LogP contribution in [0.3, 0.4) is 0 Å². The van der Waals surface area contributed by atoms with Gasteiger partial charge in [0.25, 0.3) is 0 Å². The Kier molecular flexibility index (Phi) is 4.43. The Bertz CT molecular complexity index is 526. The van der Waals surface area contributed by atoms with Crippen LogP contribution < -0.4 is 5.32 Å². The summed E-state index contributed by atoms with van der Waals surface area (Å²) < 4.78 is 14.3. The fourth-order valence-electron chi connectivity index (χ4n) is 1.42. The lowest BCUT2D eigenvalue weighted by molar-refractivity contribution is 0.613. The summed E-state index contributed by atoms with van der Waals surface area (Å²) in [4.78, 5) is 3.97. The number of aromatic nitrogens is 1. The van der Waals surface area contributed by atoms with Crippen molar-refractivity contribution in [3.63, 3.8) is 0 Å². The molecule has 0 unspecified atom stereocenters. The van der Waals surface area contributed by atoms with E-state index in [9.17, 15) is 4.39 Å². The van der Waals surface area contributed by atoms with Crippen LogP contribution in [0.2, 0.25) is 10.2 Å². The smallest absolute Gasteiger partial charge is 0.152 e. The molecule has 1 N–H and O–H groups in total. The van der Waals surface area contributed by atoms with Crippen LogP contribution in [0, 0.1) is 5.82 Å². The van der Waals surface area contributed by atoms with Crippen molar-refractivity contribution in [2.75, 3.05) is 5.32 Å². The number of rotatable bonds is 3. The molecule has 6 heteroatoms. The predicted octanol–water partition coefficient (Wildman–Crippen LogP) is 4.90. The summed E-state index contributed by atoms with van der Waals surface area (Å²) in [5.41, 5.74) is 1.10. The van der Waals surface area contributed by atoms with Crippen molar-refractivity contribution >= 4 is 44.8 Å². The first-order chi connectivity index (χ1) is 8.56. The van der Waals surface area contributed by atoms with Gasteiger partial charge in [0.15, 0.2) is 5.15 Å². The Morgan fingerprint density at radius 3 is 2.83 bits per heavy atom. The predicted molar refractivity (Wildman–Crippen MR) is 75.7 cm³/mol. The molecule has 0 aliphatic rings. The molecule has 0 amide bonds. The third kappa shape index (κ3) is 3.34. The van der Waals surface area contributed by atoms with Crippen molar-refractivity contribution in [2.24, 2.45) is 0 Å². The number of anilines is 1. The summed E-state index contributed by atoms with van der Waals surface area (Å²) in [6.45, 7) is 0.282. The Hall–Kier alpha value is -0.840. The quantitative estimate of drug-likeness (QED) is 0.797. The van der Waals surface area contributed by atoms with Crippen LogP contribution >= 0.6 is 39.1 Å². The second kappa shape index (κ2) is 5.87. The number of nitrogens with zero attached hydrogens (tertiary/aromatic N) is 1. The largest absolute Gasteiger partial charge is 0.378 e. The Balaban J connectivity index is 2.16. The molecule has 2 rings (SSSR count). The SMILES string of the molecule is Fc1ccc(Cl)cc1CNc1cc(Br)cnc1Cl. The second-order valence-electron chi connectivity index (χ2n) is 3.58. The molecule has 1 aromatic carbocycles. The average molecular weight is 350 g/mol. The van der Waals surface area contributed by atoms with Gasteiger partial charge in [-0.05, 0) is 40.2 Å². The third-order valence-corrected chi connectivity index (χ3v) is 3.25. The monoisotopic (exact) mass is 348 g/mol. The van der Waals surface area contributed by atoms with E-state index in [1.807, 2.05) is 0 Å². The van der Waals surface area contributed by atoms with Crippen LogP contribution in [0.1, 0.15) is 5.56 Å². The van der Waals surface area contributed by atoms with Crippen LogP contribution in [0.5, 0.6) is 0 Å². The molecule has 18 heavy (non-hydrogen) atoms. The molecular formula is C12H8BrCl2FN2. The third-order valence-electron chi connectivity index (χ3n) is 2.28. The van der Waals surface area contributed by atoms with Crippen LogP contribution in [-0.2, 0) is 6.54 Å². The summed E-state index contributed by atoms with van der Waals surface area (Å²) in [7, 11) is 0. The van der Waals surface area contributed by atoms with E-state index in [1.165, 1.54) is 12.1 Å². The van der Waals surface area contributed by atoms with Gasteiger partial charge in [-0.2, -0.15) is 0 Å². The molecule has 1 aromatic heterocycles. The lowest BCUT2D eigenvalue weighted by atomic mass is 10.2. The van der Waals surface area contributed by atoms with Gasteiger partial charge in [-0.3, -0.25) is 0 Å². The minimum atomic E-state index is -0.314. The van der Waals surface area contributed by atoms with Crippen molar-refractivity contribution < 1.29 is 4.39 Å². The number of nitrogens with one attached hydrogen (secondary N) is 1. The molecule has 0 aliphatic carbocycles. The Morgan fingerprint density at radius 2 is 2.06 bits per heavy atom. The highest BCUT2D eigenvalue weighted by molar-refractivity contribution is 9.10. The van der Waals surface area contributed by atoms with E-state index in [0.29, 0.717) is 21.4 Å². The van der Waals surface area contributed by atoms with Crippen molar-refractivity contribution in [1.82, 2.24) is 4.98 Å². The molecule has 1 heterocycles. The minimum Gasteiger partial charge on any atom is -0.378 e. The molecule has 0 fully saturated rings. The lowest BCUT2D eigenvalue weighted by Gasteiger charge is -2.09. The zero-order chi connectivity index (χ0) is 13.1. The van der Waals surface area contributed by atoms with Crippen molar-refractivity contribution in [3.05, 3.63) is 56.5 Å². The summed E-state index contributed by atoms with van der Waals surface area (Å²) in [6.07, 6.45) is 1.59. The van der Waals surface area contributed by atoms with E-state index in [-0.39, 0.29) is 12.4 Å². The highest BCUT2D eigenvalue weighted by atomic mass is 79.9. The van der Waals surface area contributed by atoms with Crippen LogP contribution in [0.4, 0.5) is 10.1 Å². The summed E-state index contributed by atoms with van der Waals surface area (Å²) >= 11 is 15.0. The second-order valence-corrected chi connectivity index (χ2v) is 5.29. The van der Waals surface area contributed by atoms with Gasteiger partial charge in [0.2, 0.25) is 0 Å². The van der Waals surface area contributed by atoms with Crippen LogP contribution in [0.25, 0.3) is 0 Å². The van der Waals surface area contributed by atoms with Gasteiger partial charge in [-0.1, -0.05) is 23.2 Å². The first-order valence-corrected chi connectivity index (χ1v) is 6.60. The Labute approximate surface area is 122 Å². The van der Waals surface area contributed by atoms with Gasteiger partial charge in [0.1, 0.15) is 5.82 Å². The fraction of sp³-hybridized carbons (Fsp3) is 0.0833. The van der Waals surface area contributed by atoms with Crippen LogP contribution in [0.15, 0.2) is 34.9 Å². The zero-order valence-corrected chi connectivity index (χ0v) is 12.2. The van der Waals surface area contributed by atoms with E-state index >= 15 is 0 Å².